The molecule has 0 amide bonds. The van der Waals surface area contributed by atoms with Gasteiger partial charge in [-0.3, -0.25) is 0 Å². The lowest BCUT2D eigenvalue weighted by Crippen LogP contribution is -1.99. The van der Waals surface area contributed by atoms with Crippen molar-refractivity contribution in [3.8, 4) is 28.4 Å². The summed E-state index contributed by atoms with van der Waals surface area (Å²) in [5, 5.41) is 23.8. The van der Waals surface area contributed by atoms with E-state index >= 15 is 0 Å². The first-order valence-corrected chi connectivity index (χ1v) is 8.89. The fourth-order valence-electron chi connectivity index (χ4n) is 2.99. The minimum absolute atomic E-state index is 0.219. The van der Waals surface area contributed by atoms with Crippen molar-refractivity contribution in [2.24, 2.45) is 0 Å². The van der Waals surface area contributed by atoms with Crippen LogP contribution < -0.4 is 0 Å². The Morgan fingerprint density at radius 3 is 2.22 bits per heavy atom. The van der Waals surface area contributed by atoms with Crippen LogP contribution in [0.4, 0.5) is 0 Å². The Hall–Kier alpha value is -3.24. The second-order valence-electron chi connectivity index (χ2n) is 6.24. The van der Waals surface area contributed by atoms with Gasteiger partial charge in [-0.2, -0.15) is 5.10 Å². The number of fused-ring (bicyclic) bond motifs is 2. The van der Waals surface area contributed by atoms with Gasteiger partial charge in [0.05, 0.1) is 22.6 Å². The van der Waals surface area contributed by atoms with Crippen molar-refractivity contribution in [2.75, 3.05) is 0 Å². The van der Waals surface area contributed by atoms with Crippen molar-refractivity contribution in [3.63, 3.8) is 0 Å². The Kier molecular flexibility index (Phi) is 4.57. The van der Waals surface area contributed by atoms with Gasteiger partial charge in [0.1, 0.15) is 11.5 Å². The number of halogens is 1. The predicted octanol–water partition coefficient (Wildman–Crippen LogP) is 5.19. The lowest BCUT2D eigenvalue weighted by Gasteiger charge is -2.14. The fourth-order valence-corrected chi connectivity index (χ4v) is 3.21. The molecule has 4 nitrogen and oxygen atoms in total. The van der Waals surface area contributed by atoms with E-state index in [2.05, 4.69) is 5.10 Å². The van der Waals surface area contributed by atoms with E-state index in [1.54, 1.807) is 29.1 Å². The van der Waals surface area contributed by atoms with Gasteiger partial charge in [0, 0.05) is 12.0 Å². The second-order valence-corrected chi connectivity index (χ2v) is 6.64. The van der Waals surface area contributed by atoms with E-state index in [1.807, 2.05) is 54.6 Å². The van der Waals surface area contributed by atoms with E-state index < -0.39 is 0 Å². The number of phenols is 2. The average molecular weight is 377 g/mol. The molecule has 5 heteroatoms. The molecular formula is C22H17ClN2O2. The number of aromatic nitrogens is 2. The summed E-state index contributed by atoms with van der Waals surface area (Å²) in [6, 6.07) is 22.2. The van der Waals surface area contributed by atoms with E-state index in [4.69, 9.17) is 16.7 Å². The van der Waals surface area contributed by atoms with Crippen molar-refractivity contribution >= 4 is 11.6 Å². The zero-order valence-corrected chi connectivity index (χ0v) is 15.1. The summed E-state index contributed by atoms with van der Waals surface area (Å²) in [4.78, 5) is 0. The van der Waals surface area contributed by atoms with Gasteiger partial charge >= 0.3 is 0 Å². The quantitative estimate of drug-likeness (QED) is 0.445. The highest BCUT2D eigenvalue weighted by Gasteiger charge is 2.12. The second kappa shape index (κ2) is 7.17. The van der Waals surface area contributed by atoms with E-state index in [1.165, 1.54) is 5.56 Å². The van der Waals surface area contributed by atoms with Crippen molar-refractivity contribution in [3.05, 3.63) is 95.1 Å². The molecule has 27 heavy (non-hydrogen) atoms. The molecule has 2 bridgehead atoms. The van der Waals surface area contributed by atoms with Gasteiger partial charge in [-0.1, -0.05) is 48.0 Å². The van der Waals surface area contributed by atoms with Crippen LogP contribution in [0.15, 0.2) is 79.0 Å². The van der Waals surface area contributed by atoms with E-state index in [-0.39, 0.29) is 5.75 Å². The molecule has 2 aliphatic rings. The summed E-state index contributed by atoms with van der Waals surface area (Å²) in [5.74, 6) is 0.663. The van der Waals surface area contributed by atoms with Crippen molar-refractivity contribution in [1.29, 1.82) is 0 Å². The number of aromatic hydroxyl groups is 2. The van der Waals surface area contributed by atoms with Crippen molar-refractivity contribution < 1.29 is 10.2 Å². The fraction of sp³-hybridized carbons (Fsp3) is 0.0455. The number of benzene rings is 3. The molecule has 134 valence electrons. The molecule has 2 aliphatic carbocycles. The Balaban J connectivity index is 0.000000186. The molecule has 0 saturated heterocycles. The maximum absolute atomic E-state index is 9.95. The normalized spacial score (nSPS) is 11.3. The lowest BCUT2D eigenvalue weighted by molar-refractivity contribution is 0.466. The molecule has 6 rings (SSSR count). The SMILES string of the molecule is Oc1ccc2cc1C2.Oc1ccccc1-c1ccnn1-c1ccccc1Cl. The minimum Gasteiger partial charge on any atom is -0.508 e. The number of phenolic OH excluding ortho intramolecular Hbond substituents is 2. The smallest absolute Gasteiger partial charge is 0.124 e. The number of rotatable bonds is 2. The summed E-state index contributed by atoms with van der Waals surface area (Å²) >= 11 is 6.19. The first kappa shape index (κ1) is 17.2. The monoisotopic (exact) mass is 376 g/mol. The summed E-state index contributed by atoms with van der Waals surface area (Å²) < 4.78 is 1.72. The molecule has 1 heterocycles. The molecule has 2 N–H and O–H groups in total. The van der Waals surface area contributed by atoms with Gasteiger partial charge in [0.2, 0.25) is 0 Å². The molecular weight excluding hydrogens is 360 g/mol. The van der Waals surface area contributed by atoms with Crippen molar-refractivity contribution in [1.82, 2.24) is 9.78 Å². The van der Waals surface area contributed by atoms with E-state index in [9.17, 15) is 5.11 Å². The Labute approximate surface area is 161 Å². The lowest BCUT2D eigenvalue weighted by atomic mass is 9.93. The third-order valence-corrected chi connectivity index (χ3v) is 4.76. The molecule has 3 aromatic carbocycles. The molecule has 0 fully saturated rings. The van der Waals surface area contributed by atoms with Gasteiger partial charge in [0.15, 0.2) is 0 Å². The van der Waals surface area contributed by atoms with Gasteiger partial charge in [-0.15, -0.1) is 0 Å². The summed E-state index contributed by atoms with van der Waals surface area (Å²) in [5.41, 5.74) is 4.72. The van der Waals surface area contributed by atoms with Crippen molar-refractivity contribution in [2.45, 2.75) is 6.42 Å². The van der Waals surface area contributed by atoms with Gasteiger partial charge in [0.25, 0.3) is 0 Å². The zero-order valence-electron chi connectivity index (χ0n) is 14.4. The molecule has 0 saturated carbocycles. The van der Waals surface area contributed by atoms with Gasteiger partial charge in [-0.25, -0.2) is 4.68 Å². The predicted molar refractivity (Wildman–Crippen MR) is 107 cm³/mol. The van der Waals surface area contributed by atoms with Crippen LogP contribution in [-0.2, 0) is 6.42 Å². The third-order valence-electron chi connectivity index (χ3n) is 4.44. The van der Waals surface area contributed by atoms with E-state index in [0.29, 0.717) is 10.8 Å². The summed E-state index contributed by atoms with van der Waals surface area (Å²) in [6.45, 7) is 0. The van der Waals surface area contributed by atoms with Gasteiger partial charge < -0.3 is 10.2 Å². The van der Waals surface area contributed by atoms with Crippen LogP contribution in [0, 0.1) is 0 Å². The highest BCUT2D eigenvalue weighted by Crippen LogP contribution is 2.31. The zero-order chi connectivity index (χ0) is 18.8. The summed E-state index contributed by atoms with van der Waals surface area (Å²) in [6.07, 6.45) is 2.66. The van der Waals surface area contributed by atoms with Crippen LogP contribution in [0.1, 0.15) is 11.1 Å². The van der Waals surface area contributed by atoms with Crippen LogP contribution in [0.2, 0.25) is 5.02 Å². The van der Waals surface area contributed by atoms with Crippen LogP contribution in [0.3, 0.4) is 0 Å². The average Bonchev–Trinajstić information content (AvgIpc) is 3.11. The Morgan fingerprint density at radius 1 is 0.852 bits per heavy atom. The minimum atomic E-state index is 0.219. The van der Waals surface area contributed by atoms with Crippen LogP contribution in [-0.4, -0.2) is 20.0 Å². The molecule has 0 atom stereocenters. The highest BCUT2D eigenvalue weighted by molar-refractivity contribution is 6.32. The standard InChI is InChI=1S/C15H11ClN2O.C7H6O/c16-12-6-2-3-7-14(12)18-13(9-10-17-18)11-5-1-4-8-15(11)19;8-7-2-1-5-3-6(7)4-5/h1-10,19H;1-3,8H,4H2. The number of para-hydroxylation sites is 2. The molecule has 0 aliphatic heterocycles. The Morgan fingerprint density at radius 2 is 1.59 bits per heavy atom. The van der Waals surface area contributed by atoms with E-state index in [0.717, 1.165) is 28.9 Å². The number of hydrogen-bond donors (Lipinski definition) is 2. The highest BCUT2D eigenvalue weighted by atomic mass is 35.5. The molecule has 0 radical (unpaired) electrons. The molecule has 0 unspecified atom stereocenters. The molecule has 1 aromatic heterocycles. The summed E-state index contributed by atoms with van der Waals surface area (Å²) in [7, 11) is 0. The number of nitrogens with zero attached hydrogens (tertiary/aromatic N) is 2. The largest absolute Gasteiger partial charge is 0.508 e. The third kappa shape index (κ3) is 3.39. The Bertz CT molecular complexity index is 1040. The van der Waals surface area contributed by atoms with Gasteiger partial charge in [-0.05, 0) is 47.5 Å². The number of hydrogen-bond acceptors (Lipinski definition) is 3. The molecule has 0 spiro atoms. The first-order chi connectivity index (χ1) is 13.1. The maximum Gasteiger partial charge on any atom is 0.124 e. The van der Waals surface area contributed by atoms with Crippen LogP contribution in [0.25, 0.3) is 16.9 Å². The first-order valence-electron chi connectivity index (χ1n) is 8.51. The van der Waals surface area contributed by atoms with Crippen LogP contribution in [0.5, 0.6) is 11.5 Å². The van der Waals surface area contributed by atoms with Crippen LogP contribution >= 0.6 is 11.6 Å². The molecule has 4 aromatic rings. The topological polar surface area (TPSA) is 58.3 Å². The maximum atomic E-state index is 9.95.